The molecule has 1 rings (SSSR count). The zero-order valence-corrected chi connectivity index (χ0v) is 8.41. The number of hydrogen-bond acceptors (Lipinski definition) is 2. The normalized spacial score (nSPS) is 21.2. The Labute approximate surface area is 86.2 Å². The van der Waals surface area contributed by atoms with Crippen LogP contribution in [0, 0.1) is 0 Å². The Morgan fingerprint density at radius 2 is 1.80 bits per heavy atom. The predicted molar refractivity (Wildman–Crippen MR) is 49.2 cm³/mol. The third-order valence-corrected chi connectivity index (χ3v) is 2.76. The van der Waals surface area contributed by atoms with Gasteiger partial charge in [-0.3, -0.25) is 0 Å². The molecule has 0 radical (unpaired) electrons. The molecule has 0 heterocycles. The molecule has 1 saturated carbocycles. The lowest BCUT2D eigenvalue weighted by Crippen LogP contribution is -2.50. The van der Waals surface area contributed by atoms with Gasteiger partial charge in [0.05, 0.1) is 6.54 Å². The first-order valence-electron chi connectivity index (χ1n) is 5.01. The van der Waals surface area contributed by atoms with Crippen LogP contribution in [-0.4, -0.2) is 31.0 Å². The molecule has 6 heteroatoms. The number of alkyl halides is 4. The van der Waals surface area contributed by atoms with Gasteiger partial charge in [0.15, 0.2) is 0 Å². The third-order valence-electron chi connectivity index (χ3n) is 2.76. The zero-order valence-electron chi connectivity index (χ0n) is 8.41. The van der Waals surface area contributed by atoms with Crippen LogP contribution in [0.3, 0.4) is 0 Å². The lowest BCUT2D eigenvalue weighted by Gasteiger charge is -2.25. The van der Waals surface area contributed by atoms with E-state index in [0.29, 0.717) is 0 Å². The van der Waals surface area contributed by atoms with Gasteiger partial charge in [-0.05, 0) is 12.8 Å². The average Bonchev–Trinajstić information content (AvgIpc) is 2.51. The molecule has 3 N–H and O–H groups in total. The van der Waals surface area contributed by atoms with Crippen molar-refractivity contribution in [3.63, 3.8) is 0 Å². The number of rotatable bonds is 5. The fourth-order valence-electron chi connectivity index (χ4n) is 1.81. The lowest BCUT2D eigenvalue weighted by atomic mass is 9.99. The SMILES string of the molecule is NC1(CNCC(F)(F)C(F)F)CCCC1. The summed E-state index contributed by atoms with van der Waals surface area (Å²) < 4.78 is 48.6. The first kappa shape index (κ1) is 12.7. The molecule has 0 aromatic rings. The average molecular weight is 228 g/mol. The second-order valence-corrected chi connectivity index (χ2v) is 4.23. The molecule has 90 valence electrons. The highest BCUT2D eigenvalue weighted by atomic mass is 19.3. The summed E-state index contributed by atoms with van der Waals surface area (Å²) in [5, 5.41) is 2.33. The summed E-state index contributed by atoms with van der Waals surface area (Å²) in [5.74, 6) is -3.96. The van der Waals surface area contributed by atoms with E-state index < -0.39 is 24.4 Å². The molecule has 0 amide bonds. The first-order chi connectivity index (χ1) is 6.86. The molecule has 2 nitrogen and oxygen atoms in total. The summed E-state index contributed by atoms with van der Waals surface area (Å²) in [6, 6.07) is 0. The maximum Gasteiger partial charge on any atom is 0.319 e. The van der Waals surface area contributed by atoms with E-state index in [-0.39, 0.29) is 6.54 Å². The van der Waals surface area contributed by atoms with Crippen molar-refractivity contribution in [2.24, 2.45) is 5.73 Å². The van der Waals surface area contributed by atoms with Crippen molar-refractivity contribution in [3.05, 3.63) is 0 Å². The maximum atomic E-state index is 12.5. The van der Waals surface area contributed by atoms with Gasteiger partial charge in [0.25, 0.3) is 0 Å². The Morgan fingerprint density at radius 3 is 2.27 bits per heavy atom. The maximum absolute atomic E-state index is 12.5. The van der Waals surface area contributed by atoms with Gasteiger partial charge < -0.3 is 11.1 Å². The fourth-order valence-corrected chi connectivity index (χ4v) is 1.81. The molecular weight excluding hydrogens is 212 g/mol. The molecule has 1 fully saturated rings. The highest BCUT2D eigenvalue weighted by Crippen LogP contribution is 2.27. The van der Waals surface area contributed by atoms with Gasteiger partial charge in [-0.15, -0.1) is 0 Å². The van der Waals surface area contributed by atoms with E-state index in [0.717, 1.165) is 25.7 Å². The van der Waals surface area contributed by atoms with E-state index in [2.05, 4.69) is 5.32 Å². The van der Waals surface area contributed by atoms with E-state index in [1.54, 1.807) is 0 Å². The van der Waals surface area contributed by atoms with Crippen LogP contribution in [-0.2, 0) is 0 Å². The Hall–Kier alpha value is -0.360. The summed E-state index contributed by atoms with van der Waals surface area (Å²) in [7, 11) is 0. The Balaban J connectivity index is 2.26. The molecule has 0 aliphatic heterocycles. The lowest BCUT2D eigenvalue weighted by molar-refractivity contribution is -0.125. The van der Waals surface area contributed by atoms with Crippen LogP contribution in [0.4, 0.5) is 17.6 Å². The van der Waals surface area contributed by atoms with Crippen LogP contribution in [0.5, 0.6) is 0 Å². The van der Waals surface area contributed by atoms with Crippen LogP contribution in [0.1, 0.15) is 25.7 Å². The zero-order chi connectivity index (χ0) is 11.5. The number of halogens is 4. The van der Waals surface area contributed by atoms with Crippen LogP contribution in [0.15, 0.2) is 0 Å². The second-order valence-electron chi connectivity index (χ2n) is 4.23. The number of hydrogen-bond donors (Lipinski definition) is 2. The van der Waals surface area contributed by atoms with Crippen molar-refractivity contribution in [2.75, 3.05) is 13.1 Å². The molecule has 0 aromatic carbocycles. The van der Waals surface area contributed by atoms with Crippen LogP contribution in [0.2, 0.25) is 0 Å². The van der Waals surface area contributed by atoms with Gasteiger partial charge in [-0.2, -0.15) is 8.78 Å². The molecule has 0 unspecified atom stereocenters. The Morgan fingerprint density at radius 1 is 1.27 bits per heavy atom. The molecule has 0 bridgehead atoms. The van der Waals surface area contributed by atoms with E-state index >= 15 is 0 Å². The minimum Gasteiger partial charge on any atom is -0.324 e. The summed E-state index contributed by atoms with van der Waals surface area (Å²) >= 11 is 0. The molecule has 0 spiro atoms. The quantitative estimate of drug-likeness (QED) is 0.703. The van der Waals surface area contributed by atoms with Crippen molar-refractivity contribution in [1.82, 2.24) is 5.32 Å². The van der Waals surface area contributed by atoms with Crippen LogP contribution >= 0.6 is 0 Å². The van der Waals surface area contributed by atoms with Gasteiger partial charge in [-0.1, -0.05) is 12.8 Å². The molecule has 0 saturated heterocycles. The molecule has 0 atom stereocenters. The molecular formula is C9H16F4N2. The van der Waals surface area contributed by atoms with Crippen molar-refractivity contribution in [2.45, 2.75) is 43.6 Å². The topological polar surface area (TPSA) is 38.0 Å². The summed E-state index contributed by atoms with van der Waals surface area (Å²) in [5.41, 5.74) is 5.38. The number of nitrogens with two attached hydrogens (primary N) is 1. The predicted octanol–water partition coefficient (Wildman–Crippen LogP) is 1.75. The van der Waals surface area contributed by atoms with Crippen molar-refractivity contribution in [3.8, 4) is 0 Å². The highest BCUT2D eigenvalue weighted by Gasteiger charge is 2.40. The Bertz CT molecular complexity index is 198. The second kappa shape index (κ2) is 4.65. The van der Waals surface area contributed by atoms with Crippen molar-refractivity contribution in [1.29, 1.82) is 0 Å². The van der Waals surface area contributed by atoms with Crippen molar-refractivity contribution >= 4 is 0 Å². The summed E-state index contributed by atoms with van der Waals surface area (Å²) in [4.78, 5) is 0. The monoisotopic (exact) mass is 228 g/mol. The van der Waals surface area contributed by atoms with E-state index in [1.165, 1.54) is 0 Å². The largest absolute Gasteiger partial charge is 0.324 e. The van der Waals surface area contributed by atoms with E-state index in [4.69, 9.17) is 5.73 Å². The van der Waals surface area contributed by atoms with Gasteiger partial charge in [0.2, 0.25) is 0 Å². The first-order valence-corrected chi connectivity index (χ1v) is 5.01. The standard InChI is InChI=1S/C9H16F4N2/c10-7(11)9(12,13)6-15-5-8(14)3-1-2-4-8/h7,15H,1-6,14H2. The van der Waals surface area contributed by atoms with Gasteiger partial charge in [0, 0.05) is 12.1 Å². The minimum atomic E-state index is -3.96. The van der Waals surface area contributed by atoms with Crippen molar-refractivity contribution < 1.29 is 17.6 Å². The Kier molecular flexibility index (Phi) is 3.94. The summed E-state index contributed by atoms with van der Waals surface area (Å²) in [6.07, 6.45) is -0.143. The third kappa shape index (κ3) is 3.61. The van der Waals surface area contributed by atoms with E-state index in [9.17, 15) is 17.6 Å². The van der Waals surface area contributed by atoms with Crippen LogP contribution in [0.25, 0.3) is 0 Å². The molecule has 0 aromatic heterocycles. The number of nitrogens with one attached hydrogen (secondary N) is 1. The fraction of sp³-hybridized carbons (Fsp3) is 1.00. The van der Waals surface area contributed by atoms with E-state index in [1.807, 2.05) is 0 Å². The van der Waals surface area contributed by atoms with Crippen LogP contribution < -0.4 is 11.1 Å². The molecule has 1 aliphatic rings. The molecule has 15 heavy (non-hydrogen) atoms. The smallest absolute Gasteiger partial charge is 0.319 e. The molecule has 1 aliphatic carbocycles. The van der Waals surface area contributed by atoms with Gasteiger partial charge in [-0.25, -0.2) is 8.78 Å². The highest BCUT2D eigenvalue weighted by molar-refractivity contribution is 4.91. The van der Waals surface area contributed by atoms with Gasteiger partial charge in [0.1, 0.15) is 0 Å². The summed E-state index contributed by atoms with van der Waals surface area (Å²) in [6.45, 7) is -0.834. The minimum absolute atomic E-state index is 0.176. The van der Waals surface area contributed by atoms with Gasteiger partial charge >= 0.3 is 12.3 Å².